The molecule has 1 aromatic rings. The highest BCUT2D eigenvalue weighted by molar-refractivity contribution is 6.01. The van der Waals surface area contributed by atoms with Crippen molar-refractivity contribution in [2.75, 3.05) is 0 Å². The van der Waals surface area contributed by atoms with Crippen LogP contribution in [0.25, 0.3) is 0 Å². The molecule has 1 aliphatic rings. The summed E-state index contributed by atoms with van der Waals surface area (Å²) in [4.78, 5) is 15.5. The summed E-state index contributed by atoms with van der Waals surface area (Å²) in [5.74, 6) is 0. The zero-order valence-electron chi connectivity index (χ0n) is 8.64. The van der Waals surface area contributed by atoms with Gasteiger partial charge in [-0.25, -0.2) is 0 Å². The maximum atomic E-state index is 10.3. The summed E-state index contributed by atoms with van der Waals surface area (Å²) in [6, 6.07) is 8.15. The van der Waals surface area contributed by atoms with Crippen LogP contribution in [0.2, 0.25) is 0 Å². The molecule has 1 heterocycles. The predicted octanol–water partition coefficient (Wildman–Crippen LogP) is 2.08. The van der Waals surface area contributed by atoms with Gasteiger partial charge >= 0.3 is 0 Å². The summed E-state index contributed by atoms with van der Waals surface area (Å²) in [6.07, 6.45) is 1.94. The number of nitrogens with zero attached hydrogens (tertiary/aromatic N) is 1. The second-order valence-electron chi connectivity index (χ2n) is 3.74. The molecule has 1 atom stereocenters. The summed E-state index contributed by atoms with van der Waals surface area (Å²) in [5.41, 5.74) is 3.23. The minimum absolute atomic E-state index is 0.0706. The van der Waals surface area contributed by atoms with Crippen LogP contribution in [-0.2, 0) is 9.63 Å². The molecule has 1 aliphatic heterocycles. The van der Waals surface area contributed by atoms with E-state index in [1.165, 1.54) is 5.56 Å². The minimum atomic E-state index is -0.0706. The number of aryl methyl sites for hydroxylation is 1. The van der Waals surface area contributed by atoms with E-state index in [0.717, 1.165) is 24.0 Å². The fourth-order valence-electron chi connectivity index (χ4n) is 1.58. The fourth-order valence-corrected chi connectivity index (χ4v) is 1.58. The Bertz CT molecular complexity index is 381. The maximum absolute atomic E-state index is 10.3. The first-order valence-electron chi connectivity index (χ1n) is 5.03. The van der Waals surface area contributed by atoms with E-state index in [-0.39, 0.29) is 6.10 Å². The van der Waals surface area contributed by atoms with Crippen molar-refractivity contribution in [1.29, 1.82) is 0 Å². The lowest BCUT2D eigenvalue weighted by atomic mass is 10.0. The lowest BCUT2D eigenvalue weighted by molar-refractivity contribution is -0.110. The SMILES string of the molecule is Cc1ccc(C2=NOC(CC=O)C2)cc1. The van der Waals surface area contributed by atoms with E-state index in [2.05, 4.69) is 5.16 Å². The Labute approximate surface area is 88.7 Å². The van der Waals surface area contributed by atoms with Gasteiger partial charge in [0.05, 0.1) is 5.71 Å². The Morgan fingerprint density at radius 2 is 2.20 bits per heavy atom. The summed E-state index contributed by atoms with van der Waals surface area (Å²) in [7, 11) is 0. The van der Waals surface area contributed by atoms with Gasteiger partial charge in [0.2, 0.25) is 0 Å². The van der Waals surface area contributed by atoms with Crippen molar-refractivity contribution in [3.63, 3.8) is 0 Å². The molecule has 0 saturated carbocycles. The molecule has 3 heteroatoms. The number of oxime groups is 1. The van der Waals surface area contributed by atoms with E-state index in [1.807, 2.05) is 31.2 Å². The number of hydrogen-bond acceptors (Lipinski definition) is 3. The van der Waals surface area contributed by atoms with Gasteiger partial charge in [-0.05, 0) is 12.5 Å². The molecule has 0 aliphatic carbocycles. The average Bonchev–Trinajstić information content (AvgIpc) is 2.68. The highest BCUT2D eigenvalue weighted by Gasteiger charge is 2.21. The van der Waals surface area contributed by atoms with E-state index in [0.29, 0.717) is 6.42 Å². The number of rotatable bonds is 3. The zero-order valence-corrected chi connectivity index (χ0v) is 8.64. The fraction of sp³-hybridized carbons (Fsp3) is 0.333. The van der Waals surface area contributed by atoms with E-state index in [4.69, 9.17) is 4.84 Å². The van der Waals surface area contributed by atoms with Crippen molar-refractivity contribution < 1.29 is 9.63 Å². The van der Waals surface area contributed by atoms with Crippen molar-refractivity contribution >= 4 is 12.0 Å². The van der Waals surface area contributed by atoms with Crippen molar-refractivity contribution in [2.24, 2.45) is 5.16 Å². The standard InChI is InChI=1S/C12H13NO2/c1-9-2-4-10(5-3-9)12-8-11(6-7-14)15-13-12/h2-5,7,11H,6,8H2,1H3. The maximum Gasteiger partial charge on any atom is 0.139 e. The molecule has 0 radical (unpaired) electrons. The Morgan fingerprint density at radius 1 is 1.47 bits per heavy atom. The molecule has 0 spiro atoms. The summed E-state index contributed by atoms with van der Waals surface area (Å²) < 4.78 is 0. The van der Waals surface area contributed by atoms with Crippen LogP contribution in [0.4, 0.5) is 0 Å². The van der Waals surface area contributed by atoms with Crippen LogP contribution in [0.3, 0.4) is 0 Å². The quantitative estimate of drug-likeness (QED) is 0.705. The van der Waals surface area contributed by atoms with Gasteiger partial charge in [-0.1, -0.05) is 35.0 Å². The average molecular weight is 203 g/mol. The van der Waals surface area contributed by atoms with Gasteiger partial charge in [0, 0.05) is 12.8 Å². The van der Waals surface area contributed by atoms with Gasteiger partial charge in [0.25, 0.3) is 0 Å². The number of benzene rings is 1. The third-order valence-electron chi connectivity index (χ3n) is 2.48. The summed E-state index contributed by atoms with van der Waals surface area (Å²) >= 11 is 0. The van der Waals surface area contributed by atoms with Gasteiger partial charge in [-0.15, -0.1) is 0 Å². The Kier molecular flexibility index (Phi) is 2.81. The topological polar surface area (TPSA) is 38.7 Å². The molecule has 0 N–H and O–H groups in total. The largest absolute Gasteiger partial charge is 0.391 e. The molecule has 0 fully saturated rings. The normalized spacial score (nSPS) is 19.5. The van der Waals surface area contributed by atoms with E-state index in [9.17, 15) is 4.79 Å². The zero-order chi connectivity index (χ0) is 10.7. The molecule has 0 amide bonds. The predicted molar refractivity (Wildman–Crippen MR) is 57.9 cm³/mol. The van der Waals surface area contributed by atoms with Crippen molar-refractivity contribution in [3.8, 4) is 0 Å². The highest BCUT2D eigenvalue weighted by Crippen LogP contribution is 2.18. The van der Waals surface area contributed by atoms with Crippen LogP contribution in [0.5, 0.6) is 0 Å². The molecule has 15 heavy (non-hydrogen) atoms. The van der Waals surface area contributed by atoms with Gasteiger partial charge in [-0.2, -0.15) is 0 Å². The molecule has 1 unspecified atom stereocenters. The van der Waals surface area contributed by atoms with E-state index in [1.54, 1.807) is 0 Å². The van der Waals surface area contributed by atoms with Crippen LogP contribution in [0.15, 0.2) is 29.4 Å². The van der Waals surface area contributed by atoms with Crippen molar-refractivity contribution in [3.05, 3.63) is 35.4 Å². The van der Waals surface area contributed by atoms with Crippen molar-refractivity contribution in [1.82, 2.24) is 0 Å². The molecular weight excluding hydrogens is 190 g/mol. The van der Waals surface area contributed by atoms with Crippen LogP contribution in [0.1, 0.15) is 24.0 Å². The van der Waals surface area contributed by atoms with E-state index < -0.39 is 0 Å². The smallest absolute Gasteiger partial charge is 0.139 e. The third kappa shape index (κ3) is 2.24. The second kappa shape index (κ2) is 4.26. The second-order valence-corrected chi connectivity index (χ2v) is 3.74. The monoisotopic (exact) mass is 203 g/mol. The molecule has 78 valence electrons. The van der Waals surface area contributed by atoms with Crippen LogP contribution in [-0.4, -0.2) is 18.1 Å². The molecule has 0 saturated heterocycles. The van der Waals surface area contributed by atoms with Crippen molar-refractivity contribution in [2.45, 2.75) is 25.9 Å². The number of carbonyl (C=O) groups excluding carboxylic acids is 1. The molecule has 0 aromatic heterocycles. The van der Waals surface area contributed by atoms with Crippen LogP contribution < -0.4 is 0 Å². The molecule has 1 aromatic carbocycles. The van der Waals surface area contributed by atoms with Gasteiger partial charge < -0.3 is 9.63 Å². The number of hydrogen-bond donors (Lipinski definition) is 0. The summed E-state index contributed by atoms with van der Waals surface area (Å²) in [6.45, 7) is 2.05. The van der Waals surface area contributed by atoms with Gasteiger partial charge in [-0.3, -0.25) is 0 Å². The molecule has 0 bridgehead atoms. The highest BCUT2D eigenvalue weighted by atomic mass is 16.6. The Morgan fingerprint density at radius 3 is 2.87 bits per heavy atom. The number of carbonyl (C=O) groups is 1. The van der Waals surface area contributed by atoms with Crippen LogP contribution in [0, 0.1) is 6.92 Å². The Hall–Kier alpha value is -1.64. The third-order valence-corrected chi connectivity index (χ3v) is 2.48. The molecular formula is C12H13NO2. The summed E-state index contributed by atoms with van der Waals surface area (Å²) in [5, 5.41) is 3.99. The minimum Gasteiger partial charge on any atom is -0.391 e. The Balaban J connectivity index is 2.07. The molecule has 3 nitrogen and oxygen atoms in total. The molecule has 2 rings (SSSR count). The van der Waals surface area contributed by atoms with E-state index >= 15 is 0 Å². The first-order valence-corrected chi connectivity index (χ1v) is 5.03. The van der Waals surface area contributed by atoms with Gasteiger partial charge in [0.1, 0.15) is 12.4 Å². The first-order chi connectivity index (χ1) is 7.29. The van der Waals surface area contributed by atoms with Gasteiger partial charge in [0.15, 0.2) is 0 Å². The lowest BCUT2D eigenvalue weighted by Gasteiger charge is -2.01. The lowest BCUT2D eigenvalue weighted by Crippen LogP contribution is -2.08. The van der Waals surface area contributed by atoms with Crippen LogP contribution >= 0.6 is 0 Å². The first kappa shape index (κ1) is 9.90. The number of aldehydes is 1.